The van der Waals surface area contributed by atoms with Gasteiger partial charge in [-0.15, -0.1) is 0 Å². The zero-order valence-corrected chi connectivity index (χ0v) is 18.2. The number of carboxylic acids is 1. The average molecular weight is 433 g/mol. The van der Waals surface area contributed by atoms with Crippen LogP contribution in [0.5, 0.6) is 5.75 Å². The Bertz CT molecular complexity index is 1100. The summed E-state index contributed by atoms with van der Waals surface area (Å²) in [5.74, 6) is -0.582. The molecule has 6 heteroatoms. The molecule has 1 amide bonds. The van der Waals surface area contributed by atoms with Crippen LogP contribution in [0.25, 0.3) is 10.9 Å². The van der Waals surface area contributed by atoms with E-state index in [9.17, 15) is 14.7 Å². The van der Waals surface area contributed by atoms with Crippen molar-refractivity contribution in [2.75, 3.05) is 20.2 Å². The molecule has 2 atom stereocenters. The van der Waals surface area contributed by atoms with Crippen molar-refractivity contribution in [2.45, 2.75) is 25.7 Å². The van der Waals surface area contributed by atoms with Gasteiger partial charge in [-0.05, 0) is 73.6 Å². The summed E-state index contributed by atoms with van der Waals surface area (Å²) in [7, 11) is 1.65. The number of carbonyl (C=O) groups is 2. The first-order chi connectivity index (χ1) is 15.6. The quantitative estimate of drug-likeness (QED) is 0.597. The molecule has 0 aliphatic carbocycles. The molecular formula is C26H28N2O4. The molecule has 2 heterocycles. The molecular weight excluding hydrogens is 404 g/mol. The molecule has 0 saturated carbocycles. The highest BCUT2D eigenvalue weighted by atomic mass is 16.5. The van der Waals surface area contributed by atoms with Crippen LogP contribution in [0, 0.1) is 11.8 Å². The second-order valence-electron chi connectivity index (χ2n) is 8.36. The first kappa shape index (κ1) is 21.8. The Morgan fingerprint density at radius 1 is 1.16 bits per heavy atom. The van der Waals surface area contributed by atoms with Gasteiger partial charge in [0.2, 0.25) is 0 Å². The Kier molecular flexibility index (Phi) is 6.69. The highest BCUT2D eigenvalue weighted by molar-refractivity contribution is 5.94. The maximum absolute atomic E-state index is 12.8. The third-order valence-electron chi connectivity index (χ3n) is 6.44. The molecule has 1 fully saturated rings. The van der Waals surface area contributed by atoms with E-state index >= 15 is 0 Å². The van der Waals surface area contributed by atoms with Gasteiger partial charge in [-0.2, -0.15) is 0 Å². The van der Waals surface area contributed by atoms with E-state index in [1.165, 1.54) is 5.56 Å². The number of nitrogens with zero attached hydrogens (tertiary/aromatic N) is 2. The fourth-order valence-electron chi connectivity index (χ4n) is 4.66. The summed E-state index contributed by atoms with van der Waals surface area (Å²) in [6.07, 6.45) is 5.08. The number of aromatic nitrogens is 1. The van der Waals surface area contributed by atoms with E-state index in [1.54, 1.807) is 24.1 Å². The number of pyridine rings is 1. The number of hydrogen-bond acceptors (Lipinski definition) is 4. The van der Waals surface area contributed by atoms with Crippen LogP contribution in [0.1, 0.15) is 35.2 Å². The summed E-state index contributed by atoms with van der Waals surface area (Å²) in [4.78, 5) is 30.9. The number of aliphatic carboxylic acids is 1. The van der Waals surface area contributed by atoms with Crippen molar-refractivity contribution in [3.05, 3.63) is 71.9 Å². The fraction of sp³-hybridized carbons (Fsp3) is 0.346. The monoisotopic (exact) mass is 432 g/mol. The number of piperidine rings is 1. The van der Waals surface area contributed by atoms with Crippen molar-refractivity contribution in [3.63, 3.8) is 0 Å². The Labute approximate surface area is 187 Å². The Morgan fingerprint density at radius 3 is 2.72 bits per heavy atom. The van der Waals surface area contributed by atoms with Crippen LogP contribution in [-0.4, -0.2) is 47.1 Å². The van der Waals surface area contributed by atoms with Crippen LogP contribution in [0.3, 0.4) is 0 Å². The van der Waals surface area contributed by atoms with E-state index in [0.717, 1.165) is 35.9 Å². The normalized spacial score (nSPS) is 18.5. The third kappa shape index (κ3) is 4.74. The largest absolute Gasteiger partial charge is 0.497 e. The lowest BCUT2D eigenvalue weighted by Crippen LogP contribution is -2.46. The van der Waals surface area contributed by atoms with E-state index in [0.29, 0.717) is 18.5 Å². The number of benzene rings is 2. The standard InChI is InChI=1S/C26H28N2O4/c1-32-21-10-11-24-22(16-21)18(12-14-27-24)8-5-9-19-13-15-28(17-23(19)26(30)31)25(29)20-6-3-2-4-7-20/h2-4,6-7,10-12,14,16,19,23H,5,8-9,13,15,17H2,1H3,(H,30,31)/t19-,23+/m1/s1. The lowest BCUT2D eigenvalue weighted by molar-refractivity contribution is -0.145. The number of likely N-dealkylation sites (tertiary alicyclic amines) is 1. The summed E-state index contributed by atoms with van der Waals surface area (Å²) in [6, 6.07) is 17.0. The fourth-order valence-corrected chi connectivity index (χ4v) is 4.66. The summed E-state index contributed by atoms with van der Waals surface area (Å²) in [5, 5.41) is 10.9. The van der Waals surface area contributed by atoms with Crippen molar-refractivity contribution in [1.82, 2.24) is 9.88 Å². The molecule has 0 unspecified atom stereocenters. The van der Waals surface area contributed by atoms with Crippen LogP contribution >= 0.6 is 0 Å². The zero-order chi connectivity index (χ0) is 22.5. The van der Waals surface area contributed by atoms with Crippen molar-refractivity contribution in [3.8, 4) is 5.75 Å². The van der Waals surface area contributed by atoms with E-state index in [1.807, 2.05) is 48.7 Å². The second-order valence-corrected chi connectivity index (χ2v) is 8.36. The minimum absolute atomic E-state index is 0.0648. The number of carboxylic acid groups (broad SMARTS) is 1. The minimum Gasteiger partial charge on any atom is -0.497 e. The molecule has 1 aliphatic heterocycles. The SMILES string of the molecule is COc1ccc2nccc(CCC[C@@H]3CCN(C(=O)c4ccccc4)C[C@@H]3C(=O)O)c2c1. The molecule has 1 aromatic heterocycles. The molecule has 2 aromatic carbocycles. The van der Waals surface area contributed by atoms with Gasteiger partial charge >= 0.3 is 5.97 Å². The van der Waals surface area contributed by atoms with Gasteiger partial charge in [0.25, 0.3) is 5.91 Å². The Hall–Kier alpha value is -3.41. The predicted octanol–water partition coefficient (Wildman–Crippen LogP) is 4.43. The lowest BCUT2D eigenvalue weighted by Gasteiger charge is -2.36. The number of methoxy groups -OCH3 is 1. The molecule has 0 bridgehead atoms. The highest BCUT2D eigenvalue weighted by Crippen LogP contribution is 2.30. The molecule has 0 radical (unpaired) electrons. The van der Waals surface area contributed by atoms with Crippen LogP contribution in [-0.2, 0) is 11.2 Å². The number of fused-ring (bicyclic) bond motifs is 1. The number of carbonyl (C=O) groups excluding carboxylic acids is 1. The molecule has 6 nitrogen and oxygen atoms in total. The van der Waals surface area contributed by atoms with Crippen LogP contribution in [0.2, 0.25) is 0 Å². The van der Waals surface area contributed by atoms with Crippen LogP contribution < -0.4 is 4.74 Å². The molecule has 1 N–H and O–H groups in total. The van der Waals surface area contributed by atoms with Gasteiger partial charge in [-0.3, -0.25) is 14.6 Å². The van der Waals surface area contributed by atoms with Crippen LogP contribution in [0.4, 0.5) is 0 Å². The Balaban J connectivity index is 1.40. The molecule has 3 aromatic rings. The number of ether oxygens (including phenoxy) is 1. The van der Waals surface area contributed by atoms with Crippen LogP contribution in [0.15, 0.2) is 60.8 Å². The summed E-state index contributed by atoms with van der Waals surface area (Å²) in [5.41, 5.74) is 2.73. The molecule has 32 heavy (non-hydrogen) atoms. The number of aryl methyl sites for hydroxylation is 1. The average Bonchev–Trinajstić information content (AvgIpc) is 2.84. The van der Waals surface area contributed by atoms with E-state index < -0.39 is 11.9 Å². The second kappa shape index (κ2) is 9.81. The lowest BCUT2D eigenvalue weighted by atomic mass is 9.81. The third-order valence-corrected chi connectivity index (χ3v) is 6.44. The van der Waals surface area contributed by atoms with Gasteiger partial charge in [0.15, 0.2) is 0 Å². The minimum atomic E-state index is -0.820. The van der Waals surface area contributed by atoms with Crippen molar-refractivity contribution in [2.24, 2.45) is 11.8 Å². The number of rotatable bonds is 7. The smallest absolute Gasteiger partial charge is 0.308 e. The maximum Gasteiger partial charge on any atom is 0.308 e. The van der Waals surface area contributed by atoms with Crippen molar-refractivity contribution in [1.29, 1.82) is 0 Å². The summed E-state index contributed by atoms with van der Waals surface area (Å²) in [6.45, 7) is 0.862. The summed E-state index contributed by atoms with van der Waals surface area (Å²) < 4.78 is 5.35. The number of amides is 1. The summed E-state index contributed by atoms with van der Waals surface area (Å²) >= 11 is 0. The first-order valence-electron chi connectivity index (χ1n) is 11.1. The number of hydrogen-bond donors (Lipinski definition) is 1. The van der Waals surface area contributed by atoms with Gasteiger partial charge in [-0.25, -0.2) is 0 Å². The predicted molar refractivity (Wildman–Crippen MR) is 123 cm³/mol. The molecule has 1 saturated heterocycles. The molecule has 4 rings (SSSR count). The first-order valence-corrected chi connectivity index (χ1v) is 11.1. The molecule has 166 valence electrons. The maximum atomic E-state index is 12.8. The van der Waals surface area contributed by atoms with Crippen molar-refractivity contribution < 1.29 is 19.4 Å². The zero-order valence-electron chi connectivity index (χ0n) is 18.2. The van der Waals surface area contributed by atoms with E-state index in [4.69, 9.17) is 4.74 Å². The van der Waals surface area contributed by atoms with Gasteiger partial charge in [0.05, 0.1) is 18.5 Å². The van der Waals surface area contributed by atoms with Gasteiger partial charge in [0, 0.05) is 30.2 Å². The van der Waals surface area contributed by atoms with E-state index in [-0.39, 0.29) is 18.4 Å². The van der Waals surface area contributed by atoms with Crippen molar-refractivity contribution >= 4 is 22.8 Å². The van der Waals surface area contributed by atoms with Gasteiger partial charge < -0.3 is 14.7 Å². The van der Waals surface area contributed by atoms with Gasteiger partial charge in [0.1, 0.15) is 5.75 Å². The Morgan fingerprint density at radius 2 is 1.97 bits per heavy atom. The molecule has 1 aliphatic rings. The molecule has 0 spiro atoms. The van der Waals surface area contributed by atoms with E-state index in [2.05, 4.69) is 4.98 Å². The van der Waals surface area contributed by atoms with Gasteiger partial charge in [-0.1, -0.05) is 18.2 Å². The highest BCUT2D eigenvalue weighted by Gasteiger charge is 2.35. The topological polar surface area (TPSA) is 79.7 Å².